The van der Waals surface area contributed by atoms with Crippen molar-refractivity contribution in [2.24, 2.45) is 40.4 Å². The van der Waals surface area contributed by atoms with E-state index in [9.17, 15) is 4.79 Å². The zero-order valence-electron chi connectivity index (χ0n) is 14.9. The molecule has 4 fully saturated rings. The molecular formula is C21H34O. The smallest absolute Gasteiger partial charge is 0.139 e. The van der Waals surface area contributed by atoms with E-state index < -0.39 is 0 Å². The molecule has 1 nitrogen and oxygen atoms in total. The Bertz CT molecular complexity index is 469. The molecule has 124 valence electrons. The Morgan fingerprint density at radius 1 is 0.955 bits per heavy atom. The molecule has 0 spiro atoms. The second-order valence-corrected chi connectivity index (χ2v) is 9.55. The summed E-state index contributed by atoms with van der Waals surface area (Å²) in [5, 5.41) is 0. The van der Waals surface area contributed by atoms with Crippen molar-refractivity contribution in [3.63, 3.8) is 0 Å². The Labute approximate surface area is 136 Å². The summed E-state index contributed by atoms with van der Waals surface area (Å²) in [5.74, 6) is 5.07. The molecule has 4 saturated carbocycles. The van der Waals surface area contributed by atoms with Gasteiger partial charge in [0, 0.05) is 11.8 Å². The van der Waals surface area contributed by atoms with Gasteiger partial charge in [0.25, 0.3) is 0 Å². The van der Waals surface area contributed by atoms with Gasteiger partial charge in [-0.3, -0.25) is 4.79 Å². The van der Waals surface area contributed by atoms with Gasteiger partial charge < -0.3 is 0 Å². The monoisotopic (exact) mass is 302 g/mol. The van der Waals surface area contributed by atoms with E-state index in [0.717, 1.165) is 36.0 Å². The molecule has 4 aliphatic carbocycles. The molecule has 0 N–H and O–H groups in total. The fourth-order valence-electron chi connectivity index (χ4n) is 7.84. The highest BCUT2D eigenvalue weighted by Gasteiger charge is 2.60. The Kier molecular flexibility index (Phi) is 3.51. The highest BCUT2D eigenvalue weighted by atomic mass is 16.1. The number of carbonyl (C=O) groups is 1. The summed E-state index contributed by atoms with van der Waals surface area (Å²) in [4.78, 5) is 12.5. The van der Waals surface area contributed by atoms with Crippen molar-refractivity contribution in [3.8, 4) is 0 Å². The number of Topliss-reactive ketones (excluding diaryl/α,β-unsaturated/α-hetero) is 1. The van der Waals surface area contributed by atoms with Crippen LogP contribution in [0.3, 0.4) is 0 Å². The summed E-state index contributed by atoms with van der Waals surface area (Å²) in [5.41, 5.74) is 0.651. The number of hydrogen-bond acceptors (Lipinski definition) is 1. The van der Waals surface area contributed by atoms with E-state index in [1.165, 1.54) is 57.8 Å². The normalized spacial score (nSPS) is 54.5. The molecule has 0 aromatic carbocycles. The van der Waals surface area contributed by atoms with Crippen molar-refractivity contribution >= 4 is 5.78 Å². The number of carbonyl (C=O) groups excluding carboxylic acids is 1. The SMILES string of the molecule is CCC1CCCC2(C)C1CCC1C3CCC(=O)C3(C)CCC12. The van der Waals surface area contributed by atoms with Crippen LogP contribution in [0, 0.1) is 40.4 Å². The Morgan fingerprint density at radius 2 is 1.77 bits per heavy atom. The summed E-state index contributed by atoms with van der Waals surface area (Å²) < 4.78 is 0. The first-order valence-electron chi connectivity index (χ1n) is 10.0. The summed E-state index contributed by atoms with van der Waals surface area (Å²) in [7, 11) is 0. The maximum absolute atomic E-state index is 12.5. The molecule has 7 atom stereocenters. The van der Waals surface area contributed by atoms with E-state index in [1.54, 1.807) is 0 Å². The quantitative estimate of drug-likeness (QED) is 0.614. The highest BCUT2D eigenvalue weighted by molar-refractivity contribution is 5.87. The van der Waals surface area contributed by atoms with E-state index in [0.29, 0.717) is 11.2 Å². The molecule has 4 rings (SSSR count). The van der Waals surface area contributed by atoms with Crippen LogP contribution in [0.25, 0.3) is 0 Å². The topological polar surface area (TPSA) is 17.1 Å². The Balaban J connectivity index is 1.65. The molecule has 0 aromatic heterocycles. The first kappa shape index (κ1) is 15.2. The lowest BCUT2D eigenvalue weighted by Gasteiger charge is -2.61. The Morgan fingerprint density at radius 3 is 2.55 bits per heavy atom. The molecule has 0 saturated heterocycles. The molecule has 0 aliphatic heterocycles. The molecule has 1 heteroatoms. The van der Waals surface area contributed by atoms with Gasteiger partial charge in [0.15, 0.2) is 0 Å². The first-order valence-corrected chi connectivity index (χ1v) is 10.0. The lowest BCUT2D eigenvalue weighted by Crippen LogP contribution is -2.54. The van der Waals surface area contributed by atoms with Crippen LogP contribution in [0.15, 0.2) is 0 Å². The van der Waals surface area contributed by atoms with Crippen LogP contribution in [0.1, 0.15) is 85.0 Å². The molecule has 0 bridgehead atoms. The molecular weight excluding hydrogens is 268 g/mol. The predicted molar refractivity (Wildman–Crippen MR) is 90.5 cm³/mol. The van der Waals surface area contributed by atoms with Crippen molar-refractivity contribution in [1.29, 1.82) is 0 Å². The van der Waals surface area contributed by atoms with Crippen LogP contribution >= 0.6 is 0 Å². The van der Waals surface area contributed by atoms with Gasteiger partial charge in [-0.1, -0.05) is 40.0 Å². The molecule has 0 aromatic rings. The van der Waals surface area contributed by atoms with Crippen molar-refractivity contribution in [2.75, 3.05) is 0 Å². The zero-order chi connectivity index (χ0) is 15.5. The maximum Gasteiger partial charge on any atom is 0.139 e. The van der Waals surface area contributed by atoms with Crippen LogP contribution < -0.4 is 0 Å². The molecule has 4 aliphatic rings. The standard InChI is InChI=1S/C21H34O/c1-4-14-6-5-12-20(2)16(14)8-7-15-17-9-10-19(22)21(17,3)13-11-18(15)20/h14-18H,4-13H2,1-3H3. The van der Waals surface area contributed by atoms with E-state index in [2.05, 4.69) is 20.8 Å². The van der Waals surface area contributed by atoms with Crippen molar-refractivity contribution in [3.05, 3.63) is 0 Å². The van der Waals surface area contributed by atoms with Crippen LogP contribution in [-0.2, 0) is 4.79 Å². The summed E-state index contributed by atoms with van der Waals surface area (Å²) in [6.07, 6.45) is 13.3. The number of rotatable bonds is 1. The second-order valence-electron chi connectivity index (χ2n) is 9.55. The average Bonchev–Trinajstić information content (AvgIpc) is 2.81. The third-order valence-corrected chi connectivity index (χ3v) is 9.03. The number of ketones is 1. The summed E-state index contributed by atoms with van der Waals surface area (Å²) >= 11 is 0. The largest absolute Gasteiger partial charge is 0.299 e. The van der Waals surface area contributed by atoms with E-state index >= 15 is 0 Å². The van der Waals surface area contributed by atoms with Gasteiger partial charge in [0.1, 0.15) is 5.78 Å². The maximum atomic E-state index is 12.5. The third kappa shape index (κ3) is 1.86. The van der Waals surface area contributed by atoms with Gasteiger partial charge in [-0.15, -0.1) is 0 Å². The molecule has 22 heavy (non-hydrogen) atoms. The van der Waals surface area contributed by atoms with Gasteiger partial charge in [-0.25, -0.2) is 0 Å². The van der Waals surface area contributed by atoms with Gasteiger partial charge in [0.05, 0.1) is 0 Å². The fourth-order valence-corrected chi connectivity index (χ4v) is 7.84. The minimum atomic E-state index is 0.0587. The lowest BCUT2D eigenvalue weighted by atomic mass is 9.44. The molecule has 0 heterocycles. The average molecular weight is 303 g/mol. The van der Waals surface area contributed by atoms with Crippen LogP contribution in [0.2, 0.25) is 0 Å². The predicted octanol–water partition coefficient (Wildman–Crippen LogP) is 5.62. The number of hydrogen-bond donors (Lipinski definition) is 0. The number of fused-ring (bicyclic) bond motifs is 5. The van der Waals surface area contributed by atoms with Gasteiger partial charge in [0.2, 0.25) is 0 Å². The van der Waals surface area contributed by atoms with Gasteiger partial charge in [-0.2, -0.15) is 0 Å². The molecule has 0 radical (unpaired) electrons. The minimum Gasteiger partial charge on any atom is -0.299 e. The zero-order valence-corrected chi connectivity index (χ0v) is 14.9. The van der Waals surface area contributed by atoms with Crippen LogP contribution in [0.5, 0.6) is 0 Å². The van der Waals surface area contributed by atoms with Gasteiger partial charge in [-0.05, 0) is 73.5 Å². The van der Waals surface area contributed by atoms with Crippen molar-refractivity contribution in [2.45, 2.75) is 85.0 Å². The van der Waals surface area contributed by atoms with Crippen LogP contribution in [0.4, 0.5) is 0 Å². The fraction of sp³-hybridized carbons (Fsp3) is 0.952. The third-order valence-electron chi connectivity index (χ3n) is 9.03. The second kappa shape index (κ2) is 5.08. The summed E-state index contributed by atoms with van der Waals surface area (Å²) in [6.45, 7) is 7.37. The van der Waals surface area contributed by atoms with Crippen molar-refractivity contribution in [1.82, 2.24) is 0 Å². The minimum absolute atomic E-state index is 0.0587. The van der Waals surface area contributed by atoms with E-state index in [4.69, 9.17) is 0 Å². The van der Waals surface area contributed by atoms with E-state index in [-0.39, 0.29) is 5.41 Å². The molecule has 7 unspecified atom stereocenters. The first-order chi connectivity index (χ1) is 10.5. The summed E-state index contributed by atoms with van der Waals surface area (Å²) in [6, 6.07) is 0. The Hall–Kier alpha value is -0.330. The van der Waals surface area contributed by atoms with Gasteiger partial charge >= 0.3 is 0 Å². The highest BCUT2D eigenvalue weighted by Crippen LogP contribution is 2.66. The lowest BCUT2D eigenvalue weighted by molar-refractivity contribution is -0.142. The van der Waals surface area contributed by atoms with Crippen molar-refractivity contribution < 1.29 is 4.79 Å². The molecule has 0 amide bonds. The van der Waals surface area contributed by atoms with E-state index in [1.807, 2.05) is 0 Å². The van der Waals surface area contributed by atoms with Crippen LogP contribution in [-0.4, -0.2) is 5.78 Å².